The van der Waals surface area contributed by atoms with Gasteiger partial charge in [-0.2, -0.15) is 0 Å². The average Bonchev–Trinajstić information content (AvgIpc) is 2.49. The molecule has 2 heteroatoms. The molecule has 0 bridgehead atoms. The van der Waals surface area contributed by atoms with Crippen LogP contribution < -0.4 is 4.43 Å². The minimum atomic E-state index is -1.73. The Labute approximate surface area is 142 Å². The molecule has 0 unspecified atom stereocenters. The summed E-state index contributed by atoms with van der Waals surface area (Å²) in [5.74, 6) is 1.02. The maximum Gasteiger partial charge on any atom is 0.250 e. The van der Waals surface area contributed by atoms with Gasteiger partial charge < -0.3 is 4.43 Å². The monoisotopic (exact) mass is 326 g/mol. The van der Waals surface area contributed by atoms with E-state index in [0.29, 0.717) is 0 Å². The number of aryl methyl sites for hydroxylation is 2. The predicted octanol–water partition coefficient (Wildman–Crippen LogP) is 6.25. The first-order chi connectivity index (χ1) is 10.8. The molecule has 0 fully saturated rings. The van der Waals surface area contributed by atoms with Gasteiger partial charge in [-0.25, -0.2) is 0 Å². The summed E-state index contributed by atoms with van der Waals surface area (Å²) in [7, 11) is -1.73. The van der Waals surface area contributed by atoms with E-state index in [1.165, 1.54) is 17.5 Å². The van der Waals surface area contributed by atoms with Gasteiger partial charge >= 0.3 is 0 Å². The standard InChI is InChI=1S/C21H30OSi/c1-21(2,3)23(4,5)22-20-16-14-19(15-17-20)13-9-12-18-10-7-6-8-11-18/h6-8,10-11,14-17H,9,12-13H2,1-5H3. The fourth-order valence-electron chi connectivity index (χ4n) is 2.31. The van der Waals surface area contributed by atoms with Crippen LogP contribution >= 0.6 is 0 Å². The van der Waals surface area contributed by atoms with Crippen molar-refractivity contribution in [3.63, 3.8) is 0 Å². The van der Waals surface area contributed by atoms with Crippen molar-refractivity contribution in [1.29, 1.82) is 0 Å². The van der Waals surface area contributed by atoms with E-state index in [1.807, 2.05) is 0 Å². The quantitative estimate of drug-likeness (QED) is 0.570. The number of benzene rings is 2. The van der Waals surface area contributed by atoms with Crippen LogP contribution in [-0.2, 0) is 12.8 Å². The maximum atomic E-state index is 6.33. The largest absolute Gasteiger partial charge is 0.544 e. The van der Waals surface area contributed by atoms with Crippen molar-refractivity contribution < 1.29 is 4.43 Å². The molecule has 124 valence electrons. The van der Waals surface area contributed by atoms with Gasteiger partial charge in [-0.1, -0.05) is 63.2 Å². The smallest absolute Gasteiger partial charge is 0.250 e. The van der Waals surface area contributed by atoms with Crippen LogP contribution in [0.4, 0.5) is 0 Å². The van der Waals surface area contributed by atoms with E-state index < -0.39 is 8.32 Å². The highest BCUT2D eigenvalue weighted by Crippen LogP contribution is 2.37. The second-order valence-corrected chi connectivity index (χ2v) is 12.6. The van der Waals surface area contributed by atoms with Crippen LogP contribution in [0.5, 0.6) is 5.75 Å². The summed E-state index contributed by atoms with van der Waals surface area (Å²) in [6.07, 6.45) is 3.45. The van der Waals surface area contributed by atoms with Crippen molar-refractivity contribution in [2.45, 2.75) is 58.2 Å². The topological polar surface area (TPSA) is 9.23 Å². The first-order valence-electron chi connectivity index (χ1n) is 8.60. The summed E-state index contributed by atoms with van der Waals surface area (Å²) in [5, 5.41) is 0.237. The summed E-state index contributed by atoms with van der Waals surface area (Å²) < 4.78 is 6.33. The van der Waals surface area contributed by atoms with E-state index in [-0.39, 0.29) is 5.04 Å². The van der Waals surface area contributed by atoms with E-state index in [2.05, 4.69) is 88.5 Å². The lowest BCUT2D eigenvalue weighted by molar-refractivity contribution is 0.492. The Kier molecular flexibility index (Phi) is 5.69. The minimum Gasteiger partial charge on any atom is -0.544 e. The molecular formula is C21H30OSi. The van der Waals surface area contributed by atoms with Crippen molar-refractivity contribution >= 4 is 8.32 Å². The highest BCUT2D eigenvalue weighted by molar-refractivity contribution is 6.74. The SMILES string of the molecule is CC(C)(C)[Si](C)(C)Oc1ccc(CCCc2ccccc2)cc1. The normalized spacial score (nSPS) is 12.2. The second kappa shape index (κ2) is 7.35. The molecule has 0 radical (unpaired) electrons. The zero-order valence-corrected chi connectivity index (χ0v) is 16.2. The molecule has 0 aliphatic rings. The van der Waals surface area contributed by atoms with Gasteiger partial charge in [-0.05, 0) is 60.7 Å². The van der Waals surface area contributed by atoms with Crippen molar-refractivity contribution in [2.24, 2.45) is 0 Å². The molecule has 0 saturated heterocycles. The van der Waals surface area contributed by atoms with Crippen LogP contribution in [0.1, 0.15) is 38.3 Å². The van der Waals surface area contributed by atoms with E-state index >= 15 is 0 Å². The number of rotatable bonds is 6. The molecule has 0 atom stereocenters. The lowest BCUT2D eigenvalue weighted by atomic mass is 10.0. The summed E-state index contributed by atoms with van der Waals surface area (Å²) in [5.41, 5.74) is 2.81. The Bertz CT molecular complexity index is 594. The maximum absolute atomic E-state index is 6.33. The third-order valence-corrected chi connectivity index (χ3v) is 9.23. The predicted molar refractivity (Wildman–Crippen MR) is 103 cm³/mol. The third-order valence-electron chi connectivity index (χ3n) is 4.88. The van der Waals surface area contributed by atoms with Crippen molar-refractivity contribution in [2.75, 3.05) is 0 Å². The Morgan fingerprint density at radius 3 is 1.83 bits per heavy atom. The van der Waals surface area contributed by atoms with E-state index in [1.54, 1.807) is 0 Å². The highest BCUT2D eigenvalue weighted by Gasteiger charge is 2.38. The van der Waals surface area contributed by atoms with Gasteiger partial charge in [-0.3, -0.25) is 0 Å². The Morgan fingerprint density at radius 2 is 1.30 bits per heavy atom. The average molecular weight is 327 g/mol. The first kappa shape index (κ1) is 17.8. The lowest BCUT2D eigenvalue weighted by Gasteiger charge is -2.36. The van der Waals surface area contributed by atoms with Gasteiger partial charge in [-0.15, -0.1) is 0 Å². The van der Waals surface area contributed by atoms with Gasteiger partial charge in [0.25, 0.3) is 0 Å². The molecule has 23 heavy (non-hydrogen) atoms. The van der Waals surface area contributed by atoms with Gasteiger partial charge in [0.15, 0.2) is 0 Å². The minimum absolute atomic E-state index is 0.237. The fourth-order valence-corrected chi connectivity index (χ4v) is 3.34. The molecule has 0 spiro atoms. The third kappa shape index (κ3) is 5.24. The summed E-state index contributed by atoms with van der Waals surface area (Å²) in [6.45, 7) is 11.4. The van der Waals surface area contributed by atoms with Crippen molar-refractivity contribution in [1.82, 2.24) is 0 Å². The summed E-state index contributed by atoms with van der Waals surface area (Å²) in [4.78, 5) is 0. The van der Waals surface area contributed by atoms with Crippen molar-refractivity contribution in [3.05, 3.63) is 65.7 Å². The van der Waals surface area contributed by atoms with Crippen molar-refractivity contribution in [3.8, 4) is 5.75 Å². The Balaban J connectivity index is 1.87. The summed E-state index contributed by atoms with van der Waals surface area (Å²) in [6, 6.07) is 19.4. The van der Waals surface area contributed by atoms with Crippen LogP contribution in [0, 0.1) is 0 Å². The molecule has 0 saturated carbocycles. The van der Waals surface area contributed by atoms with Crippen LogP contribution in [0.2, 0.25) is 18.1 Å². The summed E-state index contributed by atoms with van der Waals surface area (Å²) >= 11 is 0. The second-order valence-electron chi connectivity index (χ2n) is 7.85. The van der Waals surface area contributed by atoms with E-state index in [9.17, 15) is 0 Å². The van der Waals surface area contributed by atoms with Gasteiger partial charge in [0.05, 0.1) is 0 Å². The molecule has 0 amide bonds. The Hall–Kier alpha value is -1.54. The van der Waals surface area contributed by atoms with Crippen LogP contribution in [0.25, 0.3) is 0 Å². The van der Waals surface area contributed by atoms with Gasteiger partial charge in [0.1, 0.15) is 5.75 Å². The zero-order chi connectivity index (χ0) is 16.9. The molecule has 0 heterocycles. The number of hydrogen-bond acceptors (Lipinski definition) is 1. The highest BCUT2D eigenvalue weighted by atomic mass is 28.4. The van der Waals surface area contributed by atoms with Gasteiger partial charge in [0.2, 0.25) is 8.32 Å². The fraction of sp³-hybridized carbons (Fsp3) is 0.429. The molecule has 0 aliphatic carbocycles. The molecule has 0 N–H and O–H groups in total. The molecule has 2 aromatic rings. The zero-order valence-electron chi connectivity index (χ0n) is 15.2. The van der Waals surface area contributed by atoms with E-state index in [0.717, 1.165) is 18.6 Å². The lowest BCUT2D eigenvalue weighted by Crippen LogP contribution is -2.43. The van der Waals surface area contributed by atoms with Crippen LogP contribution in [-0.4, -0.2) is 8.32 Å². The van der Waals surface area contributed by atoms with Crippen LogP contribution in [0.3, 0.4) is 0 Å². The molecule has 2 rings (SSSR count). The molecule has 1 nitrogen and oxygen atoms in total. The number of hydrogen-bond donors (Lipinski definition) is 0. The molecular weight excluding hydrogens is 296 g/mol. The van der Waals surface area contributed by atoms with Gasteiger partial charge in [0, 0.05) is 0 Å². The molecule has 2 aromatic carbocycles. The van der Waals surface area contributed by atoms with Crippen LogP contribution in [0.15, 0.2) is 54.6 Å². The molecule has 0 aromatic heterocycles. The first-order valence-corrected chi connectivity index (χ1v) is 11.5. The van der Waals surface area contributed by atoms with E-state index in [4.69, 9.17) is 4.43 Å². The molecule has 0 aliphatic heterocycles. The Morgan fingerprint density at radius 1 is 0.783 bits per heavy atom.